The Labute approximate surface area is 583 Å². The van der Waals surface area contributed by atoms with Crippen molar-refractivity contribution in [1.29, 1.82) is 0 Å². The van der Waals surface area contributed by atoms with E-state index in [4.69, 9.17) is 0 Å². The van der Waals surface area contributed by atoms with Gasteiger partial charge in [-0.2, -0.15) is 0 Å². The van der Waals surface area contributed by atoms with Gasteiger partial charge in [-0.05, 0) is 245 Å². The topological polar surface area (TPSA) is 15.5 Å². The number of nitrogens with zero attached hydrogens (tertiary/aromatic N) is 4. The molecule has 95 heavy (non-hydrogen) atoms. The van der Waals surface area contributed by atoms with Gasteiger partial charge >= 0.3 is 0 Å². The fraction of sp³-hybridized carbons (Fsp3) is 0.516. The van der Waals surface area contributed by atoms with E-state index in [2.05, 4.69) is 364 Å². The molecule has 0 spiro atoms. The molecule has 0 radical (unpaired) electrons. The molecule has 4 aromatic carbocycles. The Hall–Kier alpha value is -6.52. The van der Waals surface area contributed by atoms with Crippen molar-refractivity contribution in [2.75, 3.05) is 0 Å². The second-order valence-corrected chi connectivity index (χ2v) is 36.4. The molecule has 0 atom stereocenters. The third kappa shape index (κ3) is 23.9. The van der Waals surface area contributed by atoms with Crippen molar-refractivity contribution in [3.8, 4) is 45.0 Å². The first-order valence-electron chi connectivity index (χ1n) is 35.8. The van der Waals surface area contributed by atoms with Crippen LogP contribution < -0.4 is 18.3 Å². The Balaban J connectivity index is 0.000000230. The maximum Gasteiger partial charge on any atom is 0.212 e. The summed E-state index contributed by atoms with van der Waals surface area (Å²) in [6, 6.07) is 32.4. The molecule has 8 aromatic rings. The van der Waals surface area contributed by atoms with Crippen LogP contribution >= 0.6 is 0 Å². The standard InChI is InChI=1S/C25H38N.C24H36N.2C21H30N/c1-17-11-19(3)22(13-20(17)14-24(4,5)6)23-12-18(2)21(16-26(23)10)15-25(7,8)9;1-17-10-11-21(18(2)12-17)22-13-19(14-23(3,4)5)20(16-25(22)9)15-24(6,7)8;1-14-9-17(4)19(10-15(14)2)20-11-16(3)18(13-22(20)8)12-21(5,6)7;1-8-17-12-20(19-10-9-15(2)11-16(19)3)22(7)14-18(17)13-21(4,5)6/h11-13,16H,14-15H2,1-10H3;10-13,16H,14-15H2,1-9H3;9-11,13H,12H2,1-8H3;9-12,14H,8,13H2,1-7H3/q4*+1. The molecule has 0 aliphatic heterocycles. The van der Waals surface area contributed by atoms with Gasteiger partial charge in [0.1, 0.15) is 28.2 Å². The summed E-state index contributed by atoms with van der Waals surface area (Å²) in [6.07, 6.45) is 17.1. The van der Waals surface area contributed by atoms with Crippen molar-refractivity contribution in [2.24, 2.45) is 60.7 Å². The van der Waals surface area contributed by atoms with E-state index in [1.165, 1.54) is 145 Å². The smallest absolute Gasteiger partial charge is 0.201 e. The molecule has 0 bridgehead atoms. The highest BCUT2D eigenvalue weighted by molar-refractivity contribution is 5.66. The van der Waals surface area contributed by atoms with Crippen molar-refractivity contribution >= 4 is 0 Å². The van der Waals surface area contributed by atoms with E-state index >= 15 is 0 Å². The Morgan fingerprint density at radius 3 is 0.853 bits per heavy atom. The predicted octanol–water partition coefficient (Wildman–Crippen LogP) is 22.2. The van der Waals surface area contributed by atoms with E-state index in [1.54, 1.807) is 0 Å². The van der Waals surface area contributed by atoms with Crippen LogP contribution in [-0.2, 0) is 73.1 Å². The lowest BCUT2D eigenvalue weighted by molar-refractivity contribution is -0.661. The summed E-state index contributed by atoms with van der Waals surface area (Å²) in [5.41, 5.74) is 37.7. The molecule has 0 N–H and O–H groups in total. The van der Waals surface area contributed by atoms with E-state index in [1.807, 2.05) is 0 Å². The summed E-state index contributed by atoms with van der Waals surface area (Å²) in [5.74, 6) is 0. The van der Waals surface area contributed by atoms with Gasteiger partial charge in [0.15, 0.2) is 24.8 Å². The van der Waals surface area contributed by atoms with Crippen molar-refractivity contribution in [1.82, 2.24) is 0 Å². The number of benzene rings is 4. The van der Waals surface area contributed by atoms with Crippen LogP contribution in [0.3, 0.4) is 0 Å². The van der Waals surface area contributed by atoms with Gasteiger partial charge in [0, 0.05) is 68.8 Å². The molecular formula is C91H134N4+4. The molecule has 4 aromatic heterocycles. The van der Waals surface area contributed by atoms with Crippen LogP contribution in [0.5, 0.6) is 0 Å². The van der Waals surface area contributed by atoms with E-state index in [0.29, 0.717) is 27.1 Å². The Morgan fingerprint density at radius 1 is 0.232 bits per heavy atom. The van der Waals surface area contributed by atoms with Crippen molar-refractivity contribution in [2.45, 2.75) is 253 Å². The third-order valence-corrected chi connectivity index (χ3v) is 18.2. The fourth-order valence-corrected chi connectivity index (χ4v) is 13.6. The van der Waals surface area contributed by atoms with Crippen molar-refractivity contribution in [3.63, 3.8) is 0 Å². The second-order valence-electron chi connectivity index (χ2n) is 36.4. The SMILES string of the molecule is CCc1cc(-c2ccc(C)cc2C)[n+](C)cc1CC(C)(C)C.Cc1cc(C)c(-c2cc(C)c(CC(C)(C)C)c[n+]2C)cc1C.Cc1cc(C)c(-c2cc(C)c(CC(C)(C)C)c[n+]2C)cc1CC(C)(C)C.Cc1ccc(-c2cc(CC(C)(C)C)c(CC(C)(C)C)c[n+]2C)c(C)c1. The summed E-state index contributed by atoms with van der Waals surface area (Å²) in [6.45, 7) is 68.2. The zero-order chi connectivity index (χ0) is 72.0. The largest absolute Gasteiger partial charge is 0.212 e. The number of rotatable bonds is 11. The van der Waals surface area contributed by atoms with Gasteiger partial charge in [0.05, 0.1) is 0 Å². The Bertz CT molecular complexity index is 3960. The van der Waals surface area contributed by atoms with Gasteiger partial charge < -0.3 is 0 Å². The molecule has 0 saturated carbocycles. The highest BCUT2D eigenvalue weighted by Gasteiger charge is 2.27. The molecule has 514 valence electrons. The van der Waals surface area contributed by atoms with Gasteiger partial charge in [0.2, 0.25) is 22.8 Å². The molecule has 8 rings (SSSR count). The molecular weight excluding hydrogens is 1150 g/mol. The average molecular weight is 1280 g/mol. The second kappa shape index (κ2) is 31.3. The van der Waals surface area contributed by atoms with Crippen LogP contribution in [-0.4, -0.2) is 0 Å². The predicted molar refractivity (Wildman–Crippen MR) is 413 cm³/mol. The van der Waals surface area contributed by atoms with E-state index in [9.17, 15) is 0 Å². The lowest BCUT2D eigenvalue weighted by atomic mass is 9.81. The van der Waals surface area contributed by atoms with Gasteiger partial charge in [0.25, 0.3) is 0 Å². The quantitative estimate of drug-likeness (QED) is 0.115. The molecule has 4 nitrogen and oxygen atoms in total. The van der Waals surface area contributed by atoms with Crippen LogP contribution in [0.4, 0.5) is 0 Å². The highest BCUT2D eigenvalue weighted by atomic mass is 14.9. The number of aryl methyl sites for hydroxylation is 16. The number of pyridine rings is 4. The molecule has 0 fully saturated rings. The summed E-state index contributed by atoms with van der Waals surface area (Å²) in [5, 5.41) is 0. The molecule has 0 amide bonds. The van der Waals surface area contributed by atoms with Crippen molar-refractivity contribution in [3.05, 3.63) is 210 Å². The number of hydrogen-bond acceptors (Lipinski definition) is 0. The molecule has 0 aliphatic rings. The van der Waals surface area contributed by atoms with Crippen LogP contribution in [0.2, 0.25) is 0 Å². The lowest BCUT2D eigenvalue weighted by Crippen LogP contribution is -2.33. The first-order chi connectivity index (χ1) is 43.4. The maximum absolute atomic E-state index is 2.43. The average Bonchev–Trinajstić information content (AvgIpc) is 0.811. The van der Waals surface area contributed by atoms with E-state index < -0.39 is 0 Å². The van der Waals surface area contributed by atoms with Crippen LogP contribution in [0.25, 0.3) is 45.0 Å². The zero-order valence-electron chi connectivity index (χ0n) is 67.1. The van der Waals surface area contributed by atoms with Crippen LogP contribution in [0, 0.1) is 109 Å². The first kappa shape index (κ1) is 79.2. The highest BCUT2D eigenvalue weighted by Crippen LogP contribution is 2.35. The Kier molecular flexibility index (Phi) is 26.1. The zero-order valence-corrected chi connectivity index (χ0v) is 67.1. The minimum Gasteiger partial charge on any atom is -0.201 e. The van der Waals surface area contributed by atoms with Gasteiger partial charge in [-0.1, -0.05) is 179 Å². The summed E-state index contributed by atoms with van der Waals surface area (Å²) >= 11 is 0. The molecule has 0 saturated heterocycles. The summed E-state index contributed by atoms with van der Waals surface area (Å²) < 4.78 is 9.20. The van der Waals surface area contributed by atoms with E-state index in [0.717, 1.165) is 44.9 Å². The number of aromatic nitrogens is 4. The normalized spacial score (nSPS) is 12.2. The minimum absolute atomic E-state index is 0.284. The third-order valence-electron chi connectivity index (χ3n) is 18.2. The molecule has 0 unspecified atom stereocenters. The van der Waals surface area contributed by atoms with Crippen LogP contribution in [0.15, 0.2) is 110 Å². The summed E-state index contributed by atoms with van der Waals surface area (Å²) in [4.78, 5) is 0. The fourth-order valence-electron chi connectivity index (χ4n) is 13.6. The van der Waals surface area contributed by atoms with Gasteiger partial charge in [-0.25, -0.2) is 18.3 Å². The minimum atomic E-state index is 0.284. The number of hydrogen-bond donors (Lipinski definition) is 0. The lowest BCUT2D eigenvalue weighted by Gasteiger charge is -2.24. The van der Waals surface area contributed by atoms with Crippen molar-refractivity contribution < 1.29 is 18.3 Å². The van der Waals surface area contributed by atoms with Gasteiger partial charge in [-0.3, -0.25) is 0 Å². The molecule has 4 heterocycles. The van der Waals surface area contributed by atoms with E-state index in [-0.39, 0.29) is 5.41 Å². The summed E-state index contributed by atoms with van der Waals surface area (Å²) in [7, 11) is 8.70. The molecule has 4 heteroatoms. The monoisotopic (exact) mass is 1280 g/mol. The maximum atomic E-state index is 2.43. The first-order valence-corrected chi connectivity index (χ1v) is 35.8. The van der Waals surface area contributed by atoms with Gasteiger partial charge in [-0.15, -0.1) is 0 Å². The van der Waals surface area contributed by atoms with Crippen LogP contribution in [0.1, 0.15) is 232 Å². The molecule has 0 aliphatic carbocycles. The Morgan fingerprint density at radius 2 is 0.495 bits per heavy atom.